The number of ether oxygens (including phenoxy) is 2. The van der Waals surface area contributed by atoms with E-state index in [1.54, 1.807) is 0 Å². The van der Waals surface area contributed by atoms with Gasteiger partial charge in [-0.1, -0.05) is 24.6 Å². The summed E-state index contributed by atoms with van der Waals surface area (Å²) in [5, 5.41) is 3.45. The van der Waals surface area contributed by atoms with Gasteiger partial charge in [0.1, 0.15) is 11.9 Å². The van der Waals surface area contributed by atoms with Gasteiger partial charge in [0.2, 0.25) is 0 Å². The Morgan fingerprint density at radius 1 is 1.32 bits per heavy atom. The fraction of sp³-hybridized carbons (Fsp3) is 0.625. The van der Waals surface area contributed by atoms with Gasteiger partial charge in [0.15, 0.2) is 0 Å². The van der Waals surface area contributed by atoms with E-state index in [9.17, 15) is 0 Å². The zero-order chi connectivity index (χ0) is 13.5. The van der Waals surface area contributed by atoms with Gasteiger partial charge in [-0.3, -0.25) is 0 Å². The van der Waals surface area contributed by atoms with Crippen molar-refractivity contribution >= 4 is 0 Å². The van der Waals surface area contributed by atoms with Crippen molar-refractivity contribution in [3.8, 4) is 5.75 Å². The second kappa shape index (κ2) is 7.51. The highest BCUT2D eigenvalue weighted by Gasteiger charge is 2.16. The van der Waals surface area contributed by atoms with Crippen molar-refractivity contribution in [2.45, 2.75) is 45.8 Å². The van der Waals surface area contributed by atoms with E-state index in [2.05, 4.69) is 37.4 Å². The lowest BCUT2D eigenvalue weighted by Crippen LogP contribution is -2.26. The maximum Gasteiger partial charge on any atom is 0.124 e. The predicted molar refractivity (Wildman–Crippen MR) is 77.6 cm³/mol. The van der Waals surface area contributed by atoms with Crippen LogP contribution in [-0.2, 0) is 11.3 Å². The first kappa shape index (κ1) is 14.4. The fourth-order valence-electron chi connectivity index (χ4n) is 2.33. The average Bonchev–Trinajstić information content (AvgIpc) is 2.43. The minimum Gasteiger partial charge on any atom is -0.490 e. The van der Waals surface area contributed by atoms with Crippen molar-refractivity contribution in [1.29, 1.82) is 0 Å². The van der Waals surface area contributed by atoms with E-state index >= 15 is 0 Å². The quantitative estimate of drug-likeness (QED) is 0.800. The number of benzene rings is 1. The molecule has 3 nitrogen and oxygen atoms in total. The van der Waals surface area contributed by atoms with Gasteiger partial charge in [-0.05, 0) is 26.0 Å². The maximum absolute atomic E-state index is 6.15. The second-order valence-electron chi connectivity index (χ2n) is 5.22. The number of hydrogen-bond donors (Lipinski definition) is 1. The first-order chi connectivity index (χ1) is 9.29. The second-order valence-corrected chi connectivity index (χ2v) is 5.22. The van der Waals surface area contributed by atoms with Crippen molar-refractivity contribution in [2.24, 2.45) is 0 Å². The fourth-order valence-corrected chi connectivity index (χ4v) is 2.33. The van der Waals surface area contributed by atoms with E-state index in [-0.39, 0.29) is 0 Å². The van der Waals surface area contributed by atoms with Crippen LogP contribution < -0.4 is 10.1 Å². The Labute approximate surface area is 116 Å². The third-order valence-corrected chi connectivity index (χ3v) is 3.42. The lowest BCUT2D eigenvalue weighted by Gasteiger charge is -2.24. The zero-order valence-electron chi connectivity index (χ0n) is 12.1. The molecule has 0 radical (unpaired) electrons. The van der Waals surface area contributed by atoms with E-state index in [0.29, 0.717) is 6.10 Å². The average molecular weight is 263 g/mol. The molecule has 0 saturated carbocycles. The number of aryl methyl sites for hydroxylation is 1. The summed E-state index contributed by atoms with van der Waals surface area (Å²) in [4.78, 5) is 0. The molecule has 0 spiro atoms. The maximum atomic E-state index is 6.15. The van der Waals surface area contributed by atoms with Crippen LogP contribution in [0.1, 0.15) is 37.3 Å². The molecule has 3 heteroatoms. The minimum absolute atomic E-state index is 0.307. The van der Waals surface area contributed by atoms with Crippen molar-refractivity contribution in [3.63, 3.8) is 0 Å². The molecule has 0 aliphatic carbocycles. The van der Waals surface area contributed by atoms with Crippen LogP contribution in [-0.4, -0.2) is 25.9 Å². The highest BCUT2D eigenvalue weighted by atomic mass is 16.5. The van der Waals surface area contributed by atoms with Crippen LogP contribution in [0.15, 0.2) is 18.2 Å². The lowest BCUT2D eigenvalue weighted by atomic mass is 10.1. The summed E-state index contributed by atoms with van der Waals surface area (Å²) in [7, 11) is 0. The van der Waals surface area contributed by atoms with E-state index in [4.69, 9.17) is 9.47 Å². The monoisotopic (exact) mass is 263 g/mol. The molecule has 0 amide bonds. The smallest absolute Gasteiger partial charge is 0.124 e. The summed E-state index contributed by atoms with van der Waals surface area (Å²) >= 11 is 0. The van der Waals surface area contributed by atoms with Crippen molar-refractivity contribution < 1.29 is 9.47 Å². The topological polar surface area (TPSA) is 30.5 Å². The highest BCUT2D eigenvalue weighted by molar-refractivity contribution is 5.37. The Morgan fingerprint density at radius 3 is 2.84 bits per heavy atom. The summed E-state index contributed by atoms with van der Waals surface area (Å²) in [6.45, 7) is 7.88. The molecule has 0 aromatic heterocycles. The van der Waals surface area contributed by atoms with Crippen molar-refractivity contribution in [1.82, 2.24) is 5.32 Å². The molecule has 19 heavy (non-hydrogen) atoms. The number of nitrogens with one attached hydrogen (secondary N) is 1. The predicted octanol–water partition coefficient (Wildman–Crippen LogP) is 3.05. The molecule has 1 aliphatic rings. The van der Waals surface area contributed by atoms with Crippen molar-refractivity contribution in [2.75, 3.05) is 19.8 Å². The summed E-state index contributed by atoms with van der Waals surface area (Å²) in [5.74, 6) is 1.03. The van der Waals surface area contributed by atoms with Gasteiger partial charge in [-0.25, -0.2) is 0 Å². The minimum atomic E-state index is 0.307. The molecule has 0 bridgehead atoms. The molecule has 1 heterocycles. The van der Waals surface area contributed by atoms with Gasteiger partial charge in [0.25, 0.3) is 0 Å². The van der Waals surface area contributed by atoms with Gasteiger partial charge < -0.3 is 14.8 Å². The normalized spacial score (nSPS) is 16.5. The molecule has 2 rings (SSSR count). The van der Waals surface area contributed by atoms with Gasteiger partial charge in [-0.15, -0.1) is 0 Å². The van der Waals surface area contributed by atoms with Crippen LogP contribution in [0.4, 0.5) is 0 Å². The zero-order valence-corrected chi connectivity index (χ0v) is 12.1. The van der Waals surface area contributed by atoms with Crippen LogP contribution in [0, 0.1) is 6.92 Å². The first-order valence-corrected chi connectivity index (χ1v) is 7.34. The summed E-state index contributed by atoms with van der Waals surface area (Å²) in [5.41, 5.74) is 2.55. The Bertz CT molecular complexity index is 386. The molecule has 106 valence electrons. The summed E-state index contributed by atoms with van der Waals surface area (Å²) in [6, 6.07) is 6.45. The van der Waals surface area contributed by atoms with E-state index < -0.39 is 0 Å². The molecule has 1 saturated heterocycles. The Balaban J connectivity index is 2.00. The molecule has 1 aliphatic heterocycles. The van der Waals surface area contributed by atoms with E-state index in [0.717, 1.165) is 51.3 Å². The number of hydrogen-bond acceptors (Lipinski definition) is 3. The Hall–Kier alpha value is -1.06. The van der Waals surface area contributed by atoms with E-state index in [1.807, 2.05) is 0 Å². The molecular weight excluding hydrogens is 238 g/mol. The van der Waals surface area contributed by atoms with Crippen LogP contribution >= 0.6 is 0 Å². The molecular formula is C16H25NO2. The Kier molecular flexibility index (Phi) is 5.67. The van der Waals surface area contributed by atoms with Gasteiger partial charge in [-0.2, -0.15) is 0 Å². The summed E-state index contributed by atoms with van der Waals surface area (Å²) in [6.07, 6.45) is 3.45. The Morgan fingerprint density at radius 2 is 2.11 bits per heavy atom. The largest absolute Gasteiger partial charge is 0.490 e. The molecule has 1 fully saturated rings. The number of rotatable bonds is 6. The first-order valence-electron chi connectivity index (χ1n) is 7.34. The third-order valence-electron chi connectivity index (χ3n) is 3.42. The van der Waals surface area contributed by atoms with Gasteiger partial charge in [0, 0.05) is 24.9 Å². The van der Waals surface area contributed by atoms with Crippen LogP contribution in [0.2, 0.25) is 0 Å². The summed E-state index contributed by atoms with van der Waals surface area (Å²) < 4.78 is 11.5. The van der Waals surface area contributed by atoms with E-state index in [1.165, 1.54) is 11.1 Å². The highest BCUT2D eigenvalue weighted by Crippen LogP contribution is 2.24. The van der Waals surface area contributed by atoms with Gasteiger partial charge in [0.05, 0.1) is 13.2 Å². The standard InChI is InChI=1S/C16H25NO2/c1-3-8-17-12-14-11-13(2)4-5-16(14)19-15-6-9-18-10-7-15/h4-5,11,15,17H,3,6-10,12H2,1-2H3. The van der Waals surface area contributed by atoms with Crippen molar-refractivity contribution in [3.05, 3.63) is 29.3 Å². The SMILES string of the molecule is CCCNCc1cc(C)ccc1OC1CCOCC1. The molecule has 1 aromatic rings. The molecule has 0 unspecified atom stereocenters. The van der Waals surface area contributed by atoms with Crippen LogP contribution in [0.3, 0.4) is 0 Å². The van der Waals surface area contributed by atoms with Gasteiger partial charge >= 0.3 is 0 Å². The molecule has 1 aromatic carbocycles. The third kappa shape index (κ3) is 4.51. The van der Waals surface area contributed by atoms with Crippen LogP contribution in [0.5, 0.6) is 5.75 Å². The molecule has 0 atom stereocenters. The van der Waals surface area contributed by atoms with Crippen LogP contribution in [0.25, 0.3) is 0 Å². The molecule has 1 N–H and O–H groups in total. The lowest BCUT2D eigenvalue weighted by molar-refractivity contribution is 0.0251.